The maximum absolute atomic E-state index is 12.6. The summed E-state index contributed by atoms with van der Waals surface area (Å²) in [5.41, 5.74) is 6.04. The lowest BCUT2D eigenvalue weighted by Crippen LogP contribution is -2.68. The summed E-state index contributed by atoms with van der Waals surface area (Å²) in [5, 5.41) is 6.68. The highest BCUT2D eigenvalue weighted by Gasteiger charge is 2.48. The third kappa shape index (κ3) is 2.37. The minimum absolute atomic E-state index is 0.0635. The molecule has 0 aliphatic carbocycles. The molecule has 3 heterocycles. The number of pyridine rings is 1. The van der Waals surface area contributed by atoms with Crippen LogP contribution in [-0.4, -0.2) is 42.6 Å². The summed E-state index contributed by atoms with van der Waals surface area (Å²) in [4.78, 5) is 18.7. The zero-order chi connectivity index (χ0) is 15.0. The molecule has 2 aliphatic rings. The average Bonchev–Trinajstić information content (AvgIpc) is 2.49. The molecule has 1 amide bonds. The van der Waals surface area contributed by atoms with E-state index in [2.05, 4.69) is 36.4 Å². The fraction of sp³-hybridized carbons (Fsp3) is 0.538. The summed E-state index contributed by atoms with van der Waals surface area (Å²) in [7, 11) is 0. The number of anilines is 2. The van der Waals surface area contributed by atoms with Crippen molar-refractivity contribution in [3.05, 3.63) is 15.7 Å². The maximum atomic E-state index is 12.6. The highest BCUT2D eigenvalue weighted by molar-refractivity contribution is 9.10. The van der Waals surface area contributed by atoms with Gasteiger partial charge >= 0.3 is 0 Å². The molecule has 6 nitrogen and oxygen atoms in total. The van der Waals surface area contributed by atoms with Crippen LogP contribution < -0.4 is 21.3 Å². The lowest BCUT2D eigenvalue weighted by molar-refractivity contribution is -0.128. The Morgan fingerprint density at radius 1 is 1.38 bits per heavy atom. The quantitative estimate of drug-likeness (QED) is 0.686. The van der Waals surface area contributed by atoms with Gasteiger partial charge in [-0.15, -0.1) is 0 Å². The van der Waals surface area contributed by atoms with E-state index >= 15 is 0 Å². The minimum Gasteiger partial charge on any atom is -0.382 e. The van der Waals surface area contributed by atoms with Gasteiger partial charge < -0.3 is 21.3 Å². The van der Waals surface area contributed by atoms with Gasteiger partial charge in [0.2, 0.25) is 5.91 Å². The van der Waals surface area contributed by atoms with Gasteiger partial charge in [0.1, 0.15) is 16.4 Å². The molecule has 2 saturated heterocycles. The van der Waals surface area contributed by atoms with E-state index in [0.717, 1.165) is 36.1 Å². The molecule has 1 spiro atoms. The third-order valence-corrected chi connectivity index (χ3v) is 5.19. The molecular weight excluding hydrogens is 358 g/mol. The Kier molecular flexibility index (Phi) is 3.98. The fourth-order valence-corrected chi connectivity index (χ4v) is 4.04. The summed E-state index contributed by atoms with van der Waals surface area (Å²) >= 11 is 9.87. The maximum Gasteiger partial charge on any atom is 0.246 e. The summed E-state index contributed by atoms with van der Waals surface area (Å²) < 4.78 is 0.759. The van der Waals surface area contributed by atoms with Gasteiger partial charge in [-0.3, -0.25) is 4.79 Å². The Bertz CT molecular complexity index is 576. The van der Waals surface area contributed by atoms with Crippen LogP contribution in [0.3, 0.4) is 0 Å². The first-order chi connectivity index (χ1) is 10.1. The molecule has 0 radical (unpaired) electrons. The number of nitrogens with two attached hydrogens (primary N) is 1. The Labute approximate surface area is 136 Å². The standard InChI is InChI=1S/C13H17BrClN5O/c14-8-7-19-11(16)9(15)10(8)20-6-5-18-12(21)13(20)1-3-17-4-2-13/h7,17H,1-6H2,(H2,16,19)(H,18,21). The van der Waals surface area contributed by atoms with Crippen LogP contribution in [0.25, 0.3) is 0 Å². The number of carbonyl (C=O) groups excluding carboxylic acids is 1. The topological polar surface area (TPSA) is 83.3 Å². The van der Waals surface area contributed by atoms with Crippen molar-refractivity contribution in [3.63, 3.8) is 0 Å². The number of nitrogen functional groups attached to an aromatic ring is 1. The normalized spacial score (nSPS) is 21.4. The Morgan fingerprint density at radius 2 is 2.10 bits per heavy atom. The molecule has 114 valence electrons. The predicted molar refractivity (Wildman–Crippen MR) is 86.5 cm³/mol. The first-order valence-electron chi connectivity index (χ1n) is 6.92. The number of amides is 1. The van der Waals surface area contributed by atoms with Gasteiger partial charge in [0.25, 0.3) is 0 Å². The number of rotatable bonds is 1. The van der Waals surface area contributed by atoms with Crippen molar-refractivity contribution in [2.24, 2.45) is 0 Å². The number of nitrogens with zero attached hydrogens (tertiary/aromatic N) is 2. The van der Waals surface area contributed by atoms with Crippen molar-refractivity contribution in [1.29, 1.82) is 0 Å². The highest BCUT2D eigenvalue weighted by Crippen LogP contribution is 2.42. The summed E-state index contributed by atoms with van der Waals surface area (Å²) in [5.74, 6) is 0.346. The van der Waals surface area contributed by atoms with Gasteiger partial charge in [-0.2, -0.15) is 0 Å². The van der Waals surface area contributed by atoms with Gasteiger partial charge in [-0.05, 0) is 41.9 Å². The second-order valence-corrected chi connectivity index (χ2v) is 6.58. The second kappa shape index (κ2) is 5.62. The summed E-state index contributed by atoms with van der Waals surface area (Å²) in [6.07, 6.45) is 3.12. The van der Waals surface area contributed by atoms with Crippen LogP contribution in [0.15, 0.2) is 10.7 Å². The predicted octanol–water partition coefficient (Wildman–Crippen LogP) is 1.14. The first-order valence-corrected chi connectivity index (χ1v) is 8.09. The first kappa shape index (κ1) is 14.9. The SMILES string of the molecule is Nc1ncc(Br)c(N2CCNC(=O)C23CCNCC3)c1Cl. The van der Waals surface area contributed by atoms with Gasteiger partial charge in [0.05, 0.1) is 10.2 Å². The van der Waals surface area contributed by atoms with Crippen molar-refractivity contribution >= 4 is 44.9 Å². The summed E-state index contributed by atoms with van der Waals surface area (Å²) in [6.45, 7) is 2.91. The number of nitrogens with one attached hydrogen (secondary N) is 2. The smallest absolute Gasteiger partial charge is 0.246 e. The average molecular weight is 375 g/mol. The van der Waals surface area contributed by atoms with E-state index in [0.29, 0.717) is 18.1 Å². The molecule has 8 heteroatoms. The van der Waals surface area contributed by atoms with Crippen LogP contribution in [0, 0.1) is 0 Å². The largest absolute Gasteiger partial charge is 0.382 e. The number of aromatic nitrogens is 1. The lowest BCUT2D eigenvalue weighted by Gasteiger charge is -2.49. The van der Waals surface area contributed by atoms with E-state index in [-0.39, 0.29) is 11.7 Å². The van der Waals surface area contributed by atoms with Crippen LogP contribution in [0.1, 0.15) is 12.8 Å². The second-order valence-electron chi connectivity index (χ2n) is 5.34. The number of halogens is 2. The van der Waals surface area contributed by atoms with E-state index in [9.17, 15) is 4.79 Å². The van der Waals surface area contributed by atoms with E-state index in [4.69, 9.17) is 17.3 Å². The van der Waals surface area contributed by atoms with Crippen molar-refractivity contribution in [3.8, 4) is 0 Å². The van der Waals surface area contributed by atoms with Crippen molar-refractivity contribution in [2.45, 2.75) is 18.4 Å². The molecule has 0 unspecified atom stereocenters. The van der Waals surface area contributed by atoms with Crippen LogP contribution in [0.2, 0.25) is 5.02 Å². The van der Waals surface area contributed by atoms with Crippen molar-refractivity contribution in [2.75, 3.05) is 36.8 Å². The molecule has 0 aromatic carbocycles. The molecule has 4 N–H and O–H groups in total. The Hall–Kier alpha value is -1.05. The molecule has 0 bridgehead atoms. The van der Waals surface area contributed by atoms with Crippen molar-refractivity contribution < 1.29 is 4.79 Å². The molecule has 1 aromatic rings. The Morgan fingerprint density at radius 3 is 2.81 bits per heavy atom. The van der Waals surface area contributed by atoms with Gasteiger partial charge in [0.15, 0.2) is 0 Å². The van der Waals surface area contributed by atoms with Crippen LogP contribution in [-0.2, 0) is 4.79 Å². The van der Waals surface area contributed by atoms with E-state index in [1.807, 2.05) is 0 Å². The summed E-state index contributed by atoms with van der Waals surface area (Å²) in [6, 6.07) is 0. The molecule has 3 rings (SSSR count). The highest BCUT2D eigenvalue weighted by atomic mass is 79.9. The lowest BCUT2D eigenvalue weighted by atomic mass is 9.83. The Balaban J connectivity index is 2.10. The molecular formula is C13H17BrClN5O. The monoisotopic (exact) mass is 373 g/mol. The molecule has 0 atom stereocenters. The van der Waals surface area contributed by atoms with Crippen molar-refractivity contribution in [1.82, 2.24) is 15.6 Å². The zero-order valence-corrected chi connectivity index (χ0v) is 13.8. The number of piperazine rings is 1. The zero-order valence-electron chi connectivity index (χ0n) is 11.5. The minimum atomic E-state index is -0.566. The molecule has 0 saturated carbocycles. The van der Waals surface area contributed by atoms with Crippen LogP contribution in [0.5, 0.6) is 0 Å². The number of piperidine rings is 1. The molecule has 21 heavy (non-hydrogen) atoms. The number of carbonyl (C=O) groups is 1. The number of hydrogen-bond donors (Lipinski definition) is 3. The molecule has 2 fully saturated rings. The van der Waals surface area contributed by atoms with Gasteiger partial charge in [-0.1, -0.05) is 11.6 Å². The third-order valence-electron chi connectivity index (χ3n) is 4.24. The molecule has 2 aliphatic heterocycles. The van der Waals surface area contributed by atoms with Crippen LogP contribution in [0.4, 0.5) is 11.5 Å². The van der Waals surface area contributed by atoms with E-state index in [1.165, 1.54) is 0 Å². The fourth-order valence-electron chi connectivity index (χ4n) is 3.16. The van der Waals surface area contributed by atoms with Gasteiger partial charge in [0, 0.05) is 19.3 Å². The van der Waals surface area contributed by atoms with E-state index in [1.54, 1.807) is 6.20 Å². The molecule has 1 aromatic heterocycles. The number of hydrogen-bond acceptors (Lipinski definition) is 5. The van der Waals surface area contributed by atoms with E-state index < -0.39 is 5.54 Å². The van der Waals surface area contributed by atoms with Crippen LogP contribution >= 0.6 is 27.5 Å². The van der Waals surface area contributed by atoms with Gasteiger partial charge in [-0.25, -0.2) is 4.98 Å².